The molecule has 0 bridgehead atoms. The molecule has 0 saturated heterocycles. The Morgan fingerprint density at radius 1 is 0.808 bits per heavy atom. The molecule has 0 aromatic heterocycles. The summed E-state index contributed by atoms with van der Waals surface area (Å²) >= 11 is 0. The minimum absolute atomic E-state index is 0.136. The van der Waals surface area contributed by atoms with E-state index < -0.39 is 11.9 Å². The Morgan fingerprint density at radius 2 is 1.42 bits per heavy atom. The number of hydrogen-bond donors (Lipinski definition) is 2. The Hall–Kier alpha value is -1.85. The molecule has 2 amide bonds. The third-order valence-corrected chi connectivity index (χ3v) is 4.08. The van der Waals surface area contributed by atoms with Gasteiger partial charge in [0.05, 0.1) is 6.61 Å². The van der Waals surface area contributed by atoms with Gasteiger partial charge in [0.1, 0.15) is 0 Å². The monoisotopic (exact) mass is 368 g/mol. The predicted octanol–water partition coefficient (Wildman–Crippen LogP) is 3.61. The normalized spacial score (nSPS) is 11.5. The highest BCUT2D eigenvalue weighted by Crippen LogP contribution is 2.15. The lowest BCUT2D eigenvalue weighted by Crippen LogP contribution is -2.34. The molecule has 0 aliphatic heterocycles. The van der Waals surface area contributed by atoms with E-state index in [2.05, 4.69) is 29.2 Å². The van der Waals surface area contributed by atoms with Gasteiger partial charge in [-0.2, -0.15) is 0 Å². The molecule has 0 rings (SSSR count). The third kappa shape index (κ3) is 10.9. The smallest absolute Gasteiger partial charge is 0.397 e. The fraction of sp³-hybridized carbons (Fsp3) is 0.750. The zero-order chi connectivity index (χ0) is 19.8. The van der Waals surface area contributed by atoms with Crippen LogP contribution in [0.2, 0.25) is 0 Å². The van der Waals surface area contributed by atoms with Gasteiger partial charge in [0.15, 0.2) is 0 Å². The molecule has 26 heavy (non-hydrogen) atoms. The van der Waals surface area contributed by atoms with Gasteiger partial charge in [0.2, 0.25) is 5.91 Å². The summed E-state index contributed by atoms with van der Waals surface area (Å²) < 4.78 is 4.69. The predicted molar refractivity (Wildman–Crippen MR) is 103 cm³/mol. The zero-order valence-electron chi connectivity index (χ0n) is 16.9. The van der Waals surface area contributed by atoms with E-state index in [-0.39, 0.29) is 12.5 Å². The van der Waals surface area contributed by atoms with Crippen molar-refractivity contribution in [1.82, 2.24) is 10.6 Å². The van der Waals surface area contributed by atoms with Gasteiger partial charge in [0, 0.05) is 17.8 Å². The number of nitrogens with one attached hydrogen (secondary N) is 2. The molecule has 0 saturated carbocycles. The SMILES string of the molecule is CCCCCCCC/C(C(=O)NCCCC)=C(\C)NC(=O)C(=O)OCC. The van der Waals surface area contributed by atoms with Crippen molar-refractivity contribution in [3.05, 3.63) is 11.3 Å². The number of carbonyl (C=O) groups excluding carboxylic acids is 3. The number of carbonyl (C=O) groups is 3. The van der Waals surface area contributed by atoms with E-state index in [4.69, 9.17) is 0 Å². The van der Waals surface area contributed by atoms with Gasteiger partial charge < -0.3 is 15.4 Å². The number of hydrogen-bond acceptors (Lipinski definition) is 4. The summed E-state index contributed by atoms with van der Waals surface area (Å²) in [7, 11) is 0. The second-order valence-corrected chi connectivity index (χ2v) is 6.41. The minimum Gasteiger partial charge on any atom is -0.459 e. The van der Waals surface area contributed by atoms with E-state index in [0.29, 0.717) is 24.2 Å². The number of amides is 2. The first-order valence-corrected chi connectivity index (χ1v) is 9.93. The lowest BCUT2D eigenvalue weighted by atomic mass is 10.0. The van der Waals surface area contributed by atoms with Gasteiger partial charge in [-0.15, -0.1) is 0 Å². The summed E-state index contributed by atoms with van der Waals surface area (Å²) in [6.07, 6.45) is 9.19. The quantitative estimate of drug-likeness (QED) is 0.225. The van der Waals surface area contributed by atoms with E-state index >= 15 is 0 Å². The Morgan fingerprint density at radius 3 is 2.04 bits per heavy atom. The molecule has 6 heteroatoms. The van der Waals surface area contributed by atoms with Crippen molar-refractivity contribution < 1.29 is 19.1 Å². The Bertz CT molecular complexity index is 472. The first-order valence-electron chi connectivity index (χ1n) is 9.93. The first-order chi connectivity index (χ1) is 12.5. The summed E-state index contributed by atoms with van der Waals surface area (Å²) in [5.74, 6) is -1.95. The Balaban J connectivity index is 4.83. The van der Waals surface area contributed by atoms with Crippen LogP contribution >= 0.6 is 0 Å². The summed E-state index contributed by atoms with van der Waals surface area (Å²) in [5.41, 5.74) is 0.958. The summed E-state index contributed by atoms with van der Waals surface area (Å²) in [6, 6.07) is 0. The second-order valence-electron chi connectivity index (χ2n) is 6.41. The Kier molecular flexibility index (Phi) is 14.3. The third-order valence-electron chi connectivity index (χ3n) is 4.08. The van der Waals surface area contributed by atoms with Crippen LogP contribution < -0.4 is 10.6 Å². The average Bonchev–Trinajstić information content (AvgIpc) is 2.61. The van der Waals surface area contributed by atoms with Gasteiger partial charge in [-0.25, -0.2) is 4.79 Å². The highest BCUT2D eigenvalue weighted by molar-refractivity contribution is 6.33. The van der Waals surface area contributed by atoms with Crippen molar-refractivity contribution in [1.29, 1.82) is 0 Å². The number of esters is 1. The maximum atomic E-state index is 12.5. The summed E-state index contributed by atoms with van der Waals surface area (Å²) in [5, 5.41) is 5.39. The molecule has 0 unspecified atom stereocenters. The van der Waals surface area contributed by atoms with Crippen LogP contribution in [0.1, 0.15) is 85.5 Å². The average molecular weight is 369 g/mol. The van der Waals surface area contributed by atoms with Crippen molar-refractivity contribution in [2.45, 2.75) is 85.5 Å². The maximum absolute atomic E-state index is 12.5. The van der Waals surface area contributed by atoms with Crippen LogP contribution in [0.15, 0.2) is 11.3 Å². The topological polar surface area (TPSA) is 84.5 Å². The van der Waals surface area contributed by atoms with Gasteiger partial charge in [0.25, 0.3) is 0 Å². The van der Waals surface area contributed by atoms with Crippen molar-refractivity contribution in [3.8, 4) is 0 Å². The maximum Gasteiger partial charge on any atom is 0.397 e. The summed E-state index contributed by atoms with van der Waals surface area (Å²) in [6.45, 7) is 8.27. The highest BCUT2D eigenvalue weighted by atomic mass is 16.5. The fourth-order valence-corrected chi connectivity index (χ4v) is 2.53. The van der Waals surface area contributed by atoms with Crippen LogP contribution in [0, 0.1) is 0 Å². The number of allylic oxidation sites excluding steroid dienone is 1. The van der Waals surface area contributed by atoms with Crippen LogP contribution in [-0.2, 0) is 19.1 Å². The van der Waals surface area contributed by atoms with E-state index in [1.807, 2.05) is 0 Å². The lowest BCUT2D eigenvalue weighted by Gasteiger charge is -2.13. The van der Waals surface area contributed by atoms with Gasteiger partial charge in [-0.05, 0) is 33.1 Å². The molecule has 0 radical (unpaired) electrons. The molecule has 0 heterocycles. The van der Waals surface area contributed by atoms with Crippen LogP contribution in [0.3, 0.4) is 0 Å². The molecule has 0 aliphatic rings. The molecule has 0 aromatic carbocycles. The van der Waals surface area contributed by atoms with E-state index in [0.717, 1.165) is 32.1 Å². The molecule has 0 aliphatic carbocycles. The van der Waals surface area contributed by atoms with Crippen molar-refractivity contribution in [2.75, 3.05) is 13.2 Å². The zero-order valence-corrected chi connectivity index (χ0v) is 16.9. The molecular weight excluding hydrogens is 332 g/mol. The standard InChI is InChI=1S/C20H36N2O4/c1-5-8-10-11-12-13-14-17(18(23)21-15-9-6-2)16(4)22-19(24)20(25)26-7-3/h5-15H2,1-4H3,(H,21,23)(H,22,24)/b17-16-. The first kappa shape index (κ1) is 24.1. The molecule has 6 nitrogen and oxygen atoms in total. The Labute approximate surface area is 158 Å². The van der Waals surface area contributed by atoms with Crippen LogP contribution in [0.4, 0.5) is 0 Å². The highest BCUT2D eigenvalue weighted by Gasteiger charge is 2.19. The molecule has 150 valence electrons. The molecular formula is C20H36N2O4. The van der Waals surface area contributed by atoms with E-state index in [9.17, 15) is 14.4 Å². The van der Waals surface area contributed by atoms with Crippen molar-refractivity contribution in [3.63, 3.8) is 0 Å². The van der Waals surface area contributed by atoms with Crippen LogP contribution in [-0.4, -0.2) is 30.9 Å². The van der Waals surface area contributed by atoms with Gasteiger partial charge in [-0.1, -0.05) is 52.4 Å². The molecule has 0 fully saturated rings. The second kappa shape index (κ2) is 15.4. The van der Waals surface area contributed by atoms with Crippen LogP contribution in [0.5, 0.6) is 0 Å². The van der Waals surface area contributed by atoms with Gasteiger partial charge in [-0.3, -0.25) is 9.59 Å². The van der Waals surface area contributed by atoms with E-state index in [1.165, 1.54) is 19.3 Å². The number of unbranched alkanes of at least 4 members (excludes halogenated alkanes) is 6. The molecule has 0 atom stereocenters. The number of rotatable bonds is 13. The largest absolute Gasteiger partial charge is 0.459 e. The van der Waals surface area contributed by atoms with Crippen LogP contribution in [0.25, 0.3) is 0 Å². The fourth-order valence-electron chi connectivity index (χ4n) is 2.53. The van der Waals surface area contributed by atoms with Crippen molar-refractivity contribution in [2.24, 2.45) is 0 Å². The number of ether oxygens (including phenoxy) is 1. The molecule has 0 spiro atoms. The summed E-state index contributed by atoms with van der Waals surface area (Å²) in [4.78, 5) is 35.8. The molecule has 2 N–H and O–H groups in total. The molecule has 0 aromatic rings. The van der Waals surface area contributed by atoms with Crippen molar-refractivity contribution >= 4 is 17.8 Å². The lowest BCUT2D eigenvalue weighted by molar-refractivity contribution is -0.154. The van der Waals surface area contributed by atoms with E-state index in [1.54, 1.807) is 13.8 Å². The van der Waals surface area contributed by atoms with Gasteiger partial charge >= 0.3 is 11.9 Å². The minimum atomic E-state index is -0.933.